The third kappa shape index (κ3) is 9.64. The van der Waals surface area contributed by atoms with Crippen LogP contribution in [0.5, 0.6) is 11.5 Å². The maximum Gasteiger partial charge on any atom is 0.237 e. The van der Waals surface area contributed by atoms with Gasteiger partial charge in [0.15, 0.2) is 11.5 Å². The van der Waals surface area contributed by atoms with Crippen molar-refractivity contribution >= 4 is 21.7 Å². The van der Waals surface area contributed by atoms with Gasteiger partial charge in [0.2, 0.25) is 21.9 Å². The molecular weight excluding hydrogens is 594 g/mol. The Kier molecular flexibility index (Phi) is 12.6. The van der Waals surface area contributed by atoms with Crippen LogP contribution in [0.1, 0.15) is 63.1 Å². The monoisotopic (exact) mass is 641 g/mol. The van der Waals surface area contributed by atoms with E-state index in [0.717, 1.165) is 36.9 Å². The molecule has 0 spiro atoms. The highest BCUT2D eigenvalue weighted by atomic mass is 32.2. The van der Waals surface area contributed by atoms with E-state index in [0.29, 0.717) is 55.7 Å². The molecule has 3 aromatic rings. The Labute approximate surface area is 267 Å². The predicted octanol–water partition coefficient (Wildman–Crippen LogP) is 3.92. The third-order valence-electron chi connectivity index (χ3n) is 8.03. The first kappa shape index (κ1) is 34.2. The lowest BCUT2D eigenvalue weighted by Crippen LogP contribution is -2.57. The van der Waals surface area contributed by atoms with Gasteiger partial charge in [-0.1, -0.05) is 45.1 Å². The molecule has 12 nitrogen and oxygen atoms in total. The van der Waals surface area contributed by atoms with E-state index < -0.39 is 16.1 Å². The molecule has 13 heteroatoms. The Balaban J connectivity index is 1.45. The van der Waals surface area contributed by atoms with Gasteiger partial charge in [0.05, 0.1) is 26.0 Å². The van der Waals surface area contributed by atoms with Crippen LogP contribution in [-0.2, 0) is 21.2 Å². The summed E-state index contributed by atoms with van der Waals surface area (Å²) < 4.78 is 41.2. The smallest absolute Gasteiger partial charge is 0.237 e. The summed E-state index contributed by atoms with van der Waals surface area (Å²) in [4.78, 5) is 28.7. The van der Waals surface area contributed by atoms with Crippen LogP contribution in [0.2, 0.25) is 0 Å². The van der Waals surface area contributed by atoms with Gasteiger partial charge in [0.1, 0.15) is 12.1 Å². The van der Waals surface area contributed by atoms with E-state index in [9.17, 15) is 13.2 Å². The second kappa shape index (κ2) is 16.6. The Bertz CT molecular complexity index is 1480. The van der Waals surface area contributed by atoms with E-state index in [1.54, 1.807) is 41.8 Å². The molecule has 1 saturated heterocycles. The number of ether oxygens (including phenoxy) is 2. The number of piperazine rings is 1. The van der Waals surface area contributed by atoms with Crippen molar-refractivity contribution in [1.29, 1.82) is 0 Å². The van der Waals surface area contributed by atoms with Gasteiger partial charge in [-0.05, 0) is 37.5 Å². The number of rotatable bonds is 17. The van der Waals surface area contributed by atoms with Crippen LogP contribution < -0.4 is 19.7 Å². The number of carbonyl (C=O) groups excluding carboxylic acids is 1. The summed E-state index contributed by atoms with van der Waals surface area (Å²) in [5.74, 6) is 2.35. The summed E-state index contributed by atoms with van der Waals surface area (Å²) in [5, 5.41) is 2.99. The lowest BCUT2D eigenvalue weighted by molar-refractivity contribution is -0.121. The first-order valence-electron chi connectivity index (χ1n) is 15.8. The summed E-state index contributed by atoms with van der Waals surface area (Å²) >= 11 is 0. The van der Waals surface area contributed by atoms with Crippen molar-refractivity contribution < 1.29 is 22.7 Å². The Morgan fingerprint density at radius 3 is 2.53 bits per heavy atom. The number of methoxy groups -OCH3 is 2. The van der Waals surface area contributed by atoms with E-state index in [1.165, 1.54) is 6.42 Å². The molecule has 1 unspecified atom stereocenters. The average Bonchev–Trinajstić information content (AvgIpc) is 3.58. The van der Waals surface area contributed by atoms with Gasteiger partial charge in [0.25, 0.3) is 0 Å². The van der Waals surface area contributed by atoms with E-state index in [1.807, 2.05) is 36.1 Å². The van der Waals surface area contributed by atoms with Crippen LogP contribution in [0.15, 0.2) is 43.0 Å². The van der Waals surface area contributed by atoms with E-state index in [2.05, 4.69) is 22.2 Å². The highest BCUT2D eigenvalue weighted by Crippen LogP contribution is 2.28. The number of anilines is 1. The molecule has 1 atom stereocenters. The molecule has 1 N–H and O–H groups in total. The number of benzene rings is 1. The topological polar surface area (TPSA) is 132 Å². The summed E-state index contributed by atoms with van der Waals surface area (Å²) in [5.41, 5.74) is 1.78. The van der Waals surface area contributed by atoms with Gasteiger partial charge >= 0.3 is 0 Å². The normalized spacial score (nSPS) is 15.6. The van der Waals surface area contributed by atoms with Gasteiger partial charge in [0, 0.05) is 56.8 Å². The molecule has 2 aromatic heterocycles. The molecule has 0 aliphatic carbocycles. The van der Waals surface area contributed by atoms with E-state index >= 15 is 0 Å². The number of aryl methyl sites for hydroxylation is 1. The summed E-state index contributed by atoms with van der Waals surface area (Å²) in [6, 6.07) is 7.03. The largest absolute Gasteiger partial charge is 0.493 e. The fourth-order valence-corrected chi connectivity index (χ4v) is 7.38. The van der Waals surface area contributed by atoms with Crippen LogP contribution in [-0.4, -0.2) is 90.3 Å². The summed E-state index contributed by atoms with van der Waals surface area (Å²) in [7, 11) is -0.374. The zero-order chi connectivity index (χ0) is 32.2. The van der Waals surface area contributed by atoms with Crippen LogP contribution in [0.4, 0.5) is 5.82 Å². The fraction of sp³-hybridized carbons (Fsp3) is 0.562. The molecule has 4 rings (SSSR count). The second-order valence-corrected chi connectivity index (χ2v) is 13.5. The molecule has 1 aliphatic rings. The first-order chi connectivity index (χ1) is 21.7. The summed E-state index contributed by atoms with van der Waals surface area (Å²) in [6.07, 6.45) is 11.7. The summed E-state index contributed by atoms with van der Waals surface area (Å²) in [6.45, 7) is 5.57. The van der Waals surface area contributed by atoms with E-state index in [4.69, 9.17) is 14.5 Å². The molecule has 45 heavy (non-hydrogen) atoms. The quantitative estimate of drug-likeness (QED) is 0.218. The van der Waals surface area contributed by atoms with Gasteiger partial charge in [-0.2, -0.15) is 9.29 Å². The molecule has 1 amide bonds. The molecular formula is C32H47N7O5S. The lowest BCUT2D eigenvalue weighted by Gasteiger charge is -2.41. The predicted molar refractivity (Wildman–Crippen MR) is 175 cm³/mol. The minimum Gasteiger partial charge on any atom is -0.493 e. The number of amides is 1. The minimum absolute atomic E-state index is 0.0522. The van der Waals surface area contributed by atoms with Crippen LogP contribution in [0, 0.1) is 6.92 Å². The van der Waals surface area contributed by atoms with Gasteiger partial charge in [-0.15, -0.1) is 0 Å². The highest BCUT2D eigenvalue weighted by Gasteiger charge is 2.36. The fourth-order valence-electron chi connectivity index (χ4n) is 5.62. The third-order valence-corrected chi connectivity index (χ3v) is 10.0. The maximum absolute atomic E-state index is 13.6. The van der Waals surface area contributed by atoms with Crippen LogP contribution in [0.3, 0.4) is 0 Å². The molecule has 0 saturated carbocycles. The maximum atomic E-state index is 13.6. The highest BCUT2D eigenvalue weighted by molar-refractivity contribution is 7.89. The SMILES string of the molecule is CCCCCCCCS(=O)(=O)N1CCN(c2cc(C)nc(-n3ccnc3)n2)CC1CC(=O)NCCc1ccc(OC)c(OC)c1. The van der Waals surface area contributed by atoms with Crippen molar-refractivity contribution in [2.75, 3.05) is 51.1 Å². The standard InChI is InChI=1S/C32H47N7O5S/c1-5-6-7-8-9-10-19-45(41,42)39-18-17-37(30-20-25(2)35-32(36-30)38-16-15-33-24-38)23-27(39)22-31(40)34-14-13-26-11-12-28(43-3)29(21-26)44-4/h11-12,15-16,20-21,24,27H,5-10,13-14,17-19,22-23H2,1-4H3,(H,34,40). The molecule has 0 radical (unpaired) electrons. The number of carbonyl (C=O) groups is 1. The van der Waals surface area contributed by atoms with Crippen molar-refractivity contribution in [1.82, 2.24) is 29.1 Å². The Hall–Kier alpha value is -3.71. The number of hydrogen-bond acceptors (Lipinski definition) is 9. The molecule has 1 aromatic carbocycles. The molecule has 0 bridgehead atoms. The first-order valence-corrected chi connectivity index (χ1v) is 17.4. The zero-order valence-corrected chi connectivity index (χ0v) is 27.8. The van der Waals surface area contributed by atoms with Crippen molar-refractivity contribution in [2.24, 2.45) is 0 Å². The minimum atomic E-state index is -3.55. The molecule has 246 valence electrons. The zero-order valence-electron chi connectivity index (χ0n) is 26.9. The number of hydrogen-bond donors (Lipinski definition) is 1. The van der Waals surface area contributed by atoms with E-state index in [-0.39, 0.29) is 24.6 Å². The van der Waals surface area contributed by atoms with Crippen LogP contribution in [0.25, 0.3) is 5.95 Å². The molecule has 1 fully saturated rings. The van der Waals surface area contributed by atoms with Crippen molar-refractivity contribution in [2.45, 2.75) is 71.3 Å². The average molecular weight is 642 g/mol. The number of nitrogens with one attached hydrogen (secondary N) is 1. The van der Waals surface area contributed by atoms with Crippen molar-refractivity contribution in [3.63, 3.8) is 0 Å². The second-order valence-electron chi connectivity index (χ2n) is 11.4. The van der Waals surface area contributed by atoms with Crippen molar-refractivity contribution in [3.05, 3.63) is 54.2 Å². The molecule has 3 heterocycles. The van der Waals surface area contributed by atoms with Crippen molar-refractivity contribution in [3.8, 4) is 17.4 Å². The van der Waals surface area contributed by atoms with Gasteiger partial charge in [-0.25, -0.2) is 18.4 Å². The lowest BCUT2D eigenvalue weighted by atomic mass is 10.1. The number of aromatic nitrogens is 4. The van der Waals surface area contributed by atoms with Crippen LogP contribution >= 0.6 is 0 Å². The van der Waals surface area contributed by atoms with Gasteiger partial charge in [-0.3, -0.25) is 9.36 Å². The Morgan fingerprint density at radius 2 is 1.80 bits per heavy atom. The number of unbranched alkanes of at least 4 members (excludes halogenated alkanes) is 5. The Morgan fingerprint density at radius 1 is 1.02 bits per heavy atom. The number of nitrogens with zero attached hydrogens (tertiary/aromatic N) is 6. The van der Waals surface area contributed by atoms with Gasteiger partial charge < -0.3 is 19.7 Å². The molecule has 1 aliphatic heterocycles. The number of sulfonamides is 1. The number of imidazole rings is 1.